The van der Waals surface area contributed by atoms with Gasteiger partial charge in [0.05, 0.1) is 17.6 Å². The first-order valence-electron chi connectivity index (χ1n) is 6.52. The van der Waals surface area contributed by atoms with Crippen molar-refractivity contribution in [3.63, 3.8) is 0 Å². The quantitative estimate of drug-likeness (QED) is 0.636. The predicted octanol–water partition coefficient (Wildman–Crippen LogP) is 1.23. The SMILES string of the molecule is COC(=O)c1ccc(N)cc1S(=O)(=O)NC1CCCSC1. The number of carbonyl (C=O) groups excluding carboxylic acids is 1. The van der Waals surface area contributed by atoms with Gasteiger partial charge in [-0.05, 0) is 36.8 Å². The maximum Gasteiger partial charge on any atom is 0.339 e. The summed E-state index contributed by atoms with van der Waals surface area (Å²) in [6, 6.07) is 4.00. The molecule has 0 spiro atoms. The third kappa shape index (κ3) is 3.90. The summed E-state index contributed by atoms with van der Waals surface area (Å²) in [5.41, 5.74) is 5.92. The number of nitrogens with one attached hydrogen (secondary N) is 1. The molecule has 1 aromatic rings. The molecule has 1 unspecified atom stereocenters. The number of ether oxygens (including phenoxy) is 1. The molecule has 1 aliphatic heterocycles. The fourth-order valence-corrected chi connectivity index (χ4v) is 4.83. The zero-order chi connectivity index (χ0) is 15.5. The number of sulfonamides is 1. The first-order chi connectivity index (χ1) is 9.94. The smallest absolute Gasteiger partial charge is 0.339 e. The number of rotatable bonds is 4. The molecule has 0 aromatic heterocycles. The van der Waals surface area contributed by atoms with Crippen molar-refractivity contribution in [1.82, 2.24) is 4.72 Å². The van der Waals surface area contributed by atoms with Gasteiger partial charge >= 0.3 is 5.97 Å². The van der Waals surface area contributed by atoms with Crippen molar-refractivity contribution in [2.45, 2.75) is 23.8 Å². The van der Waals surface area contributed by atoms with Crippen LogP contribution in [0.2, 0.25) is 0 Å². The molecular weight excluding hydrogens is 312 g/mol. The van der Waals surface area contributed by atoms with Crippen LogP contribution in [-0.4, -0.2) is 39.0 Å². The van der Waals surface area contributed by atoms with Crippen molar-refractivity contribution in [1.29, 1.82) is 0 Å². The highest BCUT2D eigenvalue weighted by molar-refractivity contribution is 7.99. The number of anilines is 1. The number of methoxy groups -OCH3 is 1. The molecule has 8 heteroatoms. The highest BCUT2D eigenvalue weighted by Crippen LogP contribution is 2.23. The Morgan fingerprint density at radius 2 is 2.24 bits per heavy atom. The third-order valence-corrected chi connectivity index (χ3v) is 5.96. The van der Waals surface area contributed by atoms with Crippen LogP contribution in [-0.2, 0) is 14.8 Å². The van der Waals surface area contributed by atoms with Crippen LogP contribution in [0.15, 0.2) is 23.1 Å². The van der Waals surface area contributed by atoms with Crippen molar-refractivity contribution >= 4 is 33.4 Å². The molecule has 1 aromatic carbocycles. The van der Waals surface area contributed by atoms with Gasteiger partial charge in [0, 0.05) is 17.5 Å². The molecule has 1 heterocycles. The van der Waals surface area contributed by atoms with Gasteiger partial charge in [-0.25, -0.2) is 17.9 Å². The van der Waals surface area contributed by atoms with Crippen LogP contribution in [0.25, 0.3) is 0 Å². The summed E-state index contributed by atoms with van der Waals surface area (Å²) in [6.45, 7) is 0. The monoisotopic (exact) mass is 330 g/mol. The van der Waals surface area contributed by atoms with Gasteiger partial charge in [0.2, 0.25) is 10.0 Å². The van der Waals surface area contributed by atoms with E-state index in [4.69, 9.17) is 5.73 Å². The number of carbonyl (C=O) groups is 1. The van der Waals surface area contributed by atoms with E-state index in [9.17, 15) is 13.2 Å². The lowest BCUT2D eigenvalue weighted by atomic mass is 10.2. The standard InChI is InChI=1S/C13H18N2O4S2/c1-19-13(16)11-5-4-9(14)7-12(11)21(17,18)15-10-3-2-6-20-8-10/h4-5,7,10,15H,2-3,6,8,14H2,1H3. The molecule has 1 fully saturated rings. The van der Waals surface area contributed by atoms with Gasteiger partial charge in [-0.2, -0.15) is 11.8 Å². The minimum absolute atomic E-state index is 0.0114. The van der Waals surface area contributed by atoms with Crippen LogP contribution >= 0.6 is 11.8 Å². The average Bonchev–Trinajstić information content (AvgIpc) is 2.47. The van der Waals surface area contributed by atoms with E-state index >= 15 is 0 Å². The molecule has 0 aliphatic carbocycles. The number of hydrogen-bond acceptors (Lipinski definition) is 6. The second-order valence-electron chi connectivity index (χ2n) is 4.78. The predicted molar refractivity (Wildman–Crippen MR) is 82.9 cm³/mol. The van der Waals surface area contributed by atoms with Gasteiger partial charge in [-0.1, -0.05) is 0 Å². The lowest BCUT2D eigenvalue weighted by Crippen LogP contribution is -2.38. The summed E-state index contributed by atoms with van der Waals surface area (Å²) < 4.78 is 32.3. The molecule has 1 saturated heterocycles. The number of nitrogens with two attached hydrogens (primary N) is 1. The second-order valence-corrected chi connectivity index (χ2v) is 7.61. The molecule has 1 atom stereocenters. The Hall–Kier alpha value is -1.25. The maximum absolute atomic E-state index is 12.5. The van der Waals surface area contributed by atoms with Crippen LogP contribution in [0.5, 0.6) is 0 Å². The molecule has 0 bridgehead atoms. The van der Waals surface area contributed by atoms with Crippen molar-refractivity contribution in [2.24, 2.45) is 0 Å². The summed E-state index contributed by atoms with van der Waals surface area (Å²) in [7, 11) is -2.60. The molecule has 3 N–H and O–H groups in total. The van der Waals surface area contributed by atoms with Gasteiger partial charge in [0.15, 0.2) is 0 Å². The van der Waals surface area contributed by atoms with Gasteiger partial charge in [0.1, 0.15) is 0 Å². The number of hydrogen-bond donors (Lipinski definition) is 2. The largest absolute Gasteiger partial charge is 0.465 e. The normalized spacial score (nSPS) is 19.2. The van der Waals surface area contributed by atoms with E-state index in [0.717, 1.165) is 24.3 Å². The minimum Gasteiger partial charge on any atom is -0.465 e. The summed E-state index contributed by atoms with van der Waals surface area (Å²) in [5, 5.41) is 0. The van der Waals surface area contributed by atoms with E-state index in [1.165, 1.54) is 25.3 Å². The Morgan fingerprint density at radius 1 is 1.48 bits per heavy atom. The molecule has 0 saturated carbocycles. The Labute approximate surface area is 128 Å². The average molecular weight is 330 g/mol. The first kappa shape index (κ1) is 16.1. The molecule has 116 valence electrons. The highest BCUT2D eigenvalue weighted by atomic mass is 32.2. The molecule has 6 nitrogen and oxygen atoms in total. The Kier molecular flexibility index (Phi) is 5.13. The molecule has 0 radical (unpaired) electrons. The lowest BCUT2D eigenvalue weighted by molar-refractivity contribution is 0.0596. The van der Waals surface area contributed by atoms with Gasteiger partial charge in [-0.3, -0.25) is 0 Å². The van der Waals surface area contributed by atoms with Crippen LogP contribution in [0.1, 0.15) is 23.2 Å². The van der Waals surface area contributed by atoms with E-state index in [1.54, 1.807) is 11.8 Å². The zero-order valence-electron chi connectivity index (χ0n) is 11.7. The molecule has 1 aliphatic rings. The second kappa shape index (κ2) is 6.67. The lowest BCUT2D eigenvalue weighted by Gasteiger charge is -2.22. The number of nitrogen functional groups attached to an aromatic ring is 1. The molecule has 21 heavy (non-hydrogen) atoms. The van der Waals surface area contributed by atoms with Crippen molar-refractivity contribution in [3.8, 4) is 0 Å². The topological polar surface area (TPSA) is 98.5 Å². The summed E-state index contributed by atoms with van der Waals surface area (Å²) in [6.07, 6.45) is 1.76. The highest BCUT2D eigenvalue weighted by Gasteiger charge is 2.27. The number of benzene rings is 1. The van der Waals surface area contributed by atoms with Crippen molar-refractivity contribution in [2.75, 3.05) is 24.3 Å². The maximum atomic E-state index is 12.5. The summed E-state index contributed by atoms with van der Waals surface area (Å²) in [4.78, 5) is 11.6. The van der Waals surface area contributed by atoms with Crippen LogP contribution in [0.4, 0.5) is 5.69 Å². The van der Waals surface area contributed by atoms with Crippen molar-refractivity contribution < 1.29 is 17.9 Å². The van der Waals surface area contributed by atoms with Crippen LogP contribution in [0.3, 0.4) is 0 Å². The molecule has 0 amide bonds. The van der Waals surface area contributed by atoms with E-state index in [0.29, 0.717) is 0 Å². The Bertz CT molecular complexity index is 625. The molecule has 2 rings (SSSR count). The fraction of sp³-hybridized carbons (Fsp3) is 0.462. The number of thioether (sulfide) groups is 1. The van der Waals surface area contributed by atoms with E-state index in [-0.39, 0.29) is 22.2 Å². The van der Waals surface area contributed by atoms with Gasteiger partial charge in [-0.15, -0.1) is 0 Å². The Balaban J connectivity index is 2.33. The van der Waals surface area contributed by atoms with Gasteiger partial charge < -0.3 is 10.5 Å². The van der Waals surface area contributed by atoms with Crippen molar-refractivity contribution in [3.05, 3.63) is 23.8 Å². The minimum atomic E-state index is -3.81. The third-order valence-electron chi connectivity index (χ3n) is 3.18. The van der Waals surface area contributed by atoms with Crippen LogP contribution in [0, 0.1) is 0 Å². The van der Waals surface area contributed by atoms with Crippen LogP contribution < -0.4 is 10.5 Å². The van der Waals surface area contributed by atoms with E-state index in [1.807, 2.05) is 0 Å². The Morgan fingerprint density at radius 3 is 2.86 bits per heavy atom. The zero-order valence-corrected chi connectivity index (χ0v) is 13.3. The summed E-state index contributed by atoms with van der Waals surface area (Å²) >= 11 is 1.71. The molecular formula is C13H18N2O4S2. The number of esters is 1. The van der Waals surface area contributed by atoms with E-state index in [2.05, 4.69) is 9.46 Å². The first-order valence-corrected chi connectivity index (χ1v) is 9.16. The van der Waals surface area contributed by atoms with Gasteiger partial charge in [0.25, 0.3) is 0 Å². The summed E-state index contributed by atoms with van der Waals surface area (Å²) in [5.74, 6) is 1.08. The fourth-order valence-electron chi connectivity index (χ4n) is 2.16. The van der Waals surface area contributed by atoms with E-state index < -0.39 is 16.0 Å².